The Morgan fingerprint density at radius 1 is 1.38 bits per heavy atom. The van der Waals surface area contributed by atoms with Crippen LogP contribution in [-0.2, 0) is 6.42 Å². The maximum atomic E-state index is 13.0. The van der Waals surface area contributed by atoms with Gasteiger partial charge in [-0.3, -0.25) is 4.79 Å². The zero-order valence-corrected chi connectivity index (χ0v) is 14.1. The first-order chi connectivity index (χ1) is 12.7. The van der Waals surface area contributed by atoms with Gasteiger partial charge in [-0.1, -0.05) is 6.07 Å². The minimum atomic E-state index is -0.372. The average Bonchev–Trinajstić information content (AvgIpc) is 3.38. The van der Waals surface area contributed by atoms with Gasteiger partial charge in [0.1, 0.15) is 6.04 Å². The number of carbonyl (C=O) groups is 1. The molecule has 1 amide bonds. The van der Waals surface area contributed by atoms with Gasteiger partial charge >= 0.3 is 0 Å². The number of nitrogens with one attached hydrogen (secondary N) is 1. The van der Waals surface area contributed by atoms with Crippen LogP contribution in [-0.4, -0.2) is 41.9 Å². The molecule has 26 heavy (non-hydrogen) atoms. The van der Waals surface area contributed by atoms with Crippen LogP contribution >= 0.6 is 0 Å². The number of oxazole rings is 1. The van der Waals surface area contributed by atoms with Crippen LogP contribution in [0, 0.1) is 6.92 Å². The zero-order valence-electron chi connectivity index (χ0n) is 14.1. The third-order valence-electron chi connectivity index (χ3n) is 4.74. The highest BCUT2D eigenvalue weighted by molar-refractivity contribution is 5.91. The number of rotatable bonds is 2. The highest BCUT2D eigenvalue weighted by Crippen LogP contribution is 2.34. The lowest BCUT2D eigenvalue weighted by atomic mass is 9.99. The van der Waals surface area contributed by atoms with Crippen LogP contribution in [0.5, 0.6) is 0 Å². The Labute approximate surface area is 148 Å². The number of pyridine rings is 1. The van der Waals surface area contributed by atoms with Crippen LogP contribution in [0.15, 0.2) is 47.7 Å². The van der Waals surface area contributed by atoms with E-state index < -0.39 is 0 Å². The molecule has 5 heterocycles. The van der Waals surface area contributed by atoms with Crippen LogP contribution < -0.4 is 0 Å². The minimum Gasteiger partial charge on any atom is -0.438 e. The van der Waals surface area contributed by atoms with Gasteiger partial charge < -0.3 is 14.3 Å². The van der Waals surface area contributed by atoms with Gasteiger partial charge in [0.05, 0.1) is 29.4 Å². The lowest BCUT2D eigenvalue weighted by Gasteiger charge is -2.33. The summed E-state index contributed by atoms with van der Waals surface area (Å²) in [5.74, 6) is 0.00276. The normalized spacial score (nSPS) is 16.8. The van der Waals surface area contributed by atoms with E-state index in [4.69, 9.17) is 9.52 Å². The third-order valence-corrected chi connectivity index (χ3v) is 4.74. The molecule has 0 spiro atoms. The van der Waals surface area contributed by atoms with E-state index in [1.54, 1.807) is 11.2 Å². The summed E-state index contributed by atoms with van der Waals surface area (Å²) < 4.78 is 7.06. The SMILES string of the molecule is Cc1ccc2cc(C3c4nc[nH]c4CCN3C(=O)c3cnco3)nn2c1. The van der Waals surface area contributed by atoms with Crippen molar-refractivity contribution in [2.75, 3.05) is 6.54 Å². The van der Waals surface area contributed by atoms with Gasteiger partial charge in [0, 0.05) is 24.9 Å². The van der Waals surface area contributed by atoms with Crippen molar-refractivity contribution in [2.45, 2.75) is 19.4 Å². The quantitative estimate of drug-likeness (QED) is 0.599. The molecule has 1 N–H and O–H groups in total. The number of fused-ring (bicyclic) bond motifs is 2. The number of nitrogens with zero attached hydrogens (tertiary/aromatic N) is 5. The monoisotopic (exact) mass is 348 g/mol. The van der Waals surface area contributed by atoms with Gasteiger partial charge in [0.15, 0.2) is 6.39 Å². The van der Waals surface area contributed by atoms with Crippen LogP contribution in [0.25, 0.3) is 5.52 Å². The number of amides is 1. The molecule has 1 aliphatic rings. The molecule has 8 heteroatoms. The van der Waals surface area contributed by atoms with Crippen molar-refractivity contribution in [1.29, 1.82) is 0 Å². The van der Waals surface area contributed by atoms with Gasteiger partial charge in [-0.25, -0.2) is 14.5 Å². The minimum absolute atomic E-state index is 0.214. The zero-order chi connectivity index (χ0) is 17.7. The average molecular weight is 348 g/mol. The van der Waals surface area contributed by atoms with E-state index in [0.717, 1.165) is 28.2 Å². The van der Waals surface area contributed by atoms with Gasteiger partial charge in [-0.15, -0.1) is 0 Å². The topological polar surface area (TPSA) is 92.3 Å². The molecule has 1 aliphatic heterocycles. The third kappa shape index (κ3) is 2.22. The van der Waals surface area contributed by atoms with Gasteiger partial charge in [-0.2, -0.15) is 5.10 Å². The van der Waals surface area contributed by atoms with Gasteiger partial charge in [-0.05, 0) is 24.6 Å². The molecule has 0 aliphatic carbocycles. The molecule has 8 nitrogen and oxygen atoms in total. The van der Waals surface area contributed by atoms with Crippen molar-refractivity contribution in [1.82, 2.24) is 29.5 Å². The Morgan fingerprint density at radius 3 is 3.15 bits per heavy atom. The Hall–Kier alpha value is -3.42. The van der Waals surface area contributed by atoms with Crippen LogP contribution in [0.3, 0.4) is 0 Å². The molecule has 0 bridgehead atoms. The standard InChI is InChI=1S/C18H16N6O2/c1-11-2-3-12-6-14(22-24(12)8-11)17-16-13(20-9-21-16)4-5-23(17)18(25)15-7-19-10-26-15/h2-3,6-10,17H,4-5H2,1H3,(H,20,21). The second-order valence-corrected chi connectivity index (χ2v) is 6.43. The summed E-state index contributed by atoms with van der Waals surface area (Å²) in [6, 6.07) is 5.68. The Kier molecular flexibility index (Phi) is 3.18. The first-order valence-corrected chi connectivity index (χ1v) is 8.38. The second kappa shape index (κ2) is 5.55. The van der Waals surface area contributed by atoms with E-state index in [0.29, 0.717) is 13.0 Å². The molecule has 0 fully saturated rings. The molecule has 0 radical (unpaired) electrons. The highest BCUT2D eigenvalue weighted by atomic mass is 16.3. The molecule has 0 saturated carbocycles. The summed E-state index contributed by atoms with van der Waals surface area (Å²) in [6.07, 6.45) is 7.04. The summed E-state index contributed by atoms with van der Waals surface area (Å²) >= 11 is 0. The Balaban J connectivity index is 1.64. The van der Waals surface area contributed by atoms with Crippen LogP contribution in [0.4, 0.5) is 0 Å². The lowest BCUT2D eigenvalue weighted by molar-refractivity contribution is 0.0654. The van der Waals surface area contributed by atoms with Crippen molar-refractivity contribution < 1.29 is 9.21 Å². The number of hydrogen-bond acceptors (Lipinski definition) is 5. The van der Waals surface area contributed by atoms with E-state index in [1.165, 1.54) is 12.6 Å². The predicted molar refractivity (Wildman–Crippen MR) is 91.6 cm³/mol. The highest BCUT2D eigenvalue weighted by Gasteiger charge is 2.37. The molecule has 5 rings (SSSR count). The second-order valence-electron chi connectivity index (χ2n) is 6.43. The fourth-order valence-corrected chi connectivity index (χ4v) is 3.50. The van der Waals surface area contributed by atoms with E-state index in [1.807, 2.05) is 35.8 Å². The Morgan fingerprint density at radius 2 is 2.31 bits per heavy atom. The Bertz CT molecular complexity index is 1090. The van der Waals surface area contributed by atoms with Gasteiger partial charge in [0.2, 0.25) is 5.76 Å². The molecule has 0 saturated heterocycles. The molecule has 1 atom stereocenters. The first-order valence-electron chi connectivity index (χ1n) is 8.38. The molecule has 4 aromatic heterocycles. The number of carbonyl (C=O) groups excluding carboxylic acids is 1. The summed E-state index contributed by atoms with van der Waals surface area (Å²) in [4.78, 5) is 26.2. The molecule has 4 aromatic rings. The number of imidazole rings is 1. The first kappa shape index (κ1) is 14.9. The molecule has 130 valence electrons. The van der Waals surface area contributed by atoms with Crippen molar-refractivity contribution in [2.24, 2.45) is 0 Å². The van der Waals surface area contributed by atoms with E-state index >= 15 is 0 Å². The van der Waals surface area contributed by atoms with Crippen molar-refractivity contribution in [3.63, 3.8) is 0 Å². The van der Waals surface area contributed by atoms with E-state index in [9.17, 15) is 4.79 Å². The fraction of sp³-hybridized carbons (Fsp3) is 0.222. The molecular formula is C18H16N6O2. The van der Waals surface area contributed by atoms with Crippen LogP contribution in [0.1, 0.15) is 39.2 Å². The van der Waals surface area contributed by atoms with Crippen LogP contribution in [0.2, 0.25) is 0 Å². The lowest BCUT2D eigenvalue weighted by Crippen LogP contribution is -2.40. The maximum Gasteiger partial charge on any atom is 0.292 e. The summed E-state index contributed by atoms with van der Waals surface area (Å²) in [5, 5.41) is 4.71. The number of aromatic nitrogens is 5. The summed E-state index contributed by atoms with van der Waals surface area (Å²) in [6.45, 7) is 2.57. The predicted octanol–water partition coefficient (Wildman–Crippen LogP) is 2.14. The largest absolute Gasteiger partial charge is 0.438 e. The molecular weight excluding hydrogens is 332 g/mol. The maximum absolute atomic E-state index is 13.0. The fourth-order valence-electron chi connectivity index (χ4n) is 3.50. The van der Waals surface area contributed by atoms with E-state index in [2.05, 4.69) is 15.0 Å². The van der Waals surface area contributed by atoms with E-state index in [-0.39, 0.29) is 17.7 Å². The number of aryl methyl sites for hydroxylation is 1. The summed E-state index contributed by atoms with van der Waals surface area (Å²) in [7, 11) is 0. The molecule has 1 unspecified atom stereocenters. The van der Waals surface area contributed by atoms with Crippen molar-refractivity contribution in [3.8, 4) is 0 Å². The smallest absolute Gasteiger partial charge is 0.292 e. The van der Waals surface area contributed by atoms with Crippen molar-refractivity contribution in [3.05, 3.63) is 71.7 Å². The number of aromatic amines is 1. The van der Waals surface area contributed by atoms with Gasteiger partial charge in [0.25, 0.3) is 5.91 Å². The number of H-pyrrole nitrogens is 1. The summed E-state index contributed by atoms with van der Waals surface area (Å²) in [5.41, 5.74) is 4.72. The number of hydrogen-bond donors (Lipinski definition) is 1. The molecule has 0 aromatic carbocycles. The van der Waals surface area contributed by atoms with Crippen molar-refractivity contribution >= 4 is 11.4 Å².